The summed E-state index contributed by atoms with van der Waals surface area (Å²) in [6, 6.07) is 1.57. The maximum Gasteiger partial charge on any atom is 0.356 e. The van der Waals surface area contributed by atoms with E-state index in [1.165, 1.54) is 12.8 Å². The van der Waals surface area contributed by atoms with Gasteiger partial charge in [-0.2, -0.15) is 5.10 Å². The van der Waals surface area contributed by atoms with Crippen molar-refractivity contribution in [2.45, 2.75) is 64.7 Å². The van der Waals surface area contributed by atoms with Gasteiger partial charge in [0.05, 0.1) is 12.8 Å². The average molecular weight is 408 g/mol. The lowest BCUT2D eigenvalue weighted by Gasteiger charge is -2.48. The fourth-order valence-corrected chi connectivity index (χ4v) is 4.75. The van der Waals surface area contributed by atoms with Gasteiger partial charge in [0.2, 0.25) is 0 Å². The van der Waals surface area contributed by atoms with Crippen LogP contribution < -0.4 is 0 Å². The maximum atomic E-state index is 12.1. The van der Waals surface area contributed by atoms with Gasteiger partial charge in [-0.05, 0) is 53.1 Å². The Balaban J connectivity index is 1.59. The van der Waals surface area contributed by atoms with Crippen LogP contribution in [0.2, 0.25) is 0 Å². The molecule has 3 rings (SSSR count). The molecule has 0 aromatic carbocycles. The lowest BCUT2D eigenvalue weighted by Crippen LogP contribution is -2.58. The molecule has 0 aliphatic carbocycles. The van der Waals surface area contributed by atoms with Crippen molar-refractivity contribution in [1.29, 1.82) is 0 Å². The average Bonchev–Trinajstić information content (AvgIpc) is 3.17. The number of piperazine rings is 1. The number of carbonyl (C=O) groups is 1. The first kappa shape index (κ1) is 22.2. The van der Waals surface area contributed by atoms with Gasteiger partial charge in [0.15, 0.2) is 0 Å². The van der Waals surface area contributed by atoms with Crippen LogP contribution in [0.1, 0.15) is 56.1 Å². The number of H-pyrrole nitrogens is 1. The second-order valence-corrected chi connectivity index (χ2v) is 8.49. The molecule has 0 spiro atoms. The van der Waals surface area contributed by atoms with E-state index in [9.17, 15) is 9.90 Å². The van der Waals surface area contributed by atoms with Crippen LogP contribution in [0.3, 0.4) is 0 Å². The lowest BCUT2D eigenvalue weighted by molar-refractivity contribution is -0.000138. The van der Waals surface area contributed by atoms with Crippen molar-refractivity contribution in [2.24, 2.45) is 0 Å². The summed E-state index contributed by atoms with van der Waals surface area (Å²) >= 11 is 0. The number of nitrogens with zero attached hydrogens (tertiary/aromatic N) is 4. The molecular weight excluding hydrogens is 370 g/mol. The number of piperidine rings is 1. The number of likely N-dealkylation sites (tertiary alicyclic amines) is 1. The van der Waals surface area contributed by atoms with Crippen molar-refractivity contribution in [3.63, 3.8) is 0 Å². The third kappa shape index (κ3) is 5.57. The standard InChI is InChI=1S/C21H37N5O3/c1-4-29-21(28)20-17(13-22-23-20)14-24-10-11-26(19(15-24)7-12-27)18-5-8-25(9-6-18)16(2)3/h13,16,18-19,27H,4-12,14-15H2,1-3H3,(H,22,23)/t19-/m1/s1. The fraction of sp³-hybridized carbons (Fsp3) is 0.810. The predicted octanol–water partition coefficient (Wildman–Crippen LogP) is 1.33. The highest BCUT2D eigenvalue weighted by Gasteiger charge is 2.34. The zero-order chi connectivity index (χ0) is 20.8. The van der Waals surface area contributed by atoms with Gasteiger partial charge in [-0.15, -0.1) is 0 Å². The Morgan fingerprint density at radius 1 is 1.31 bits per heavy atom. The van der Waals surface area contributed by atoms with E-state index in [0.29, 0.717) is 37.0 Å². The number of nitrogens with one attached hydrogen (secondary N) is 1. The normalized spacial score (nSPS) is 23.0. The Kier molecular flexibility index (Phi) is 8.06. The Bertz CT molecular complexity index is 642. The Morgan fingerprint density at radius 3 is 2.72 bits per heavy atom. The minimum Gasteiger partial charge on any atom is -0.461 e. The summed E-state index contributed by atoms with van der Waals surface area (Å²) in [4.78, 5) is 19.7. The van der Waals surface area contributed by atoms with Crippen molar-refractivity contribution < 1.29 is 14.6 Å². The quantitative estimate of drug-likeness (QED) is 0.629. The van der Waals surface area contributed by atoms with E-state index in [1.54, 1.807) is 13.1 Å². The Labute approximate surface area is 174 Å². The molecule has 2 N–H and O–H groups in total. The molecule has 1 aromatic heterocycles. The molecule has 0 unspecified atom stereocenters. The van der Waals surface area contributed by atoms with Gasteiger partial charge in [0, 0.05) is 56.5 Å². The van der Waals surface area contributed by atoms with Crippen LogP contribution in [-0.2, 0) is 11.3 Å². The Morgan fingerprint density at radius 2 is 2.07 bits per heavy atom. The molecule has 2 fully saturated rings. The predicted molar refractivity (Wildman–Crippen MR) is 112 cm³/mol. The summed E-state index contributed by atoms with van der Waals surface area (Å²) in [6.07, 6.45) is 4.92. The van der Waals surface area contributed by atoms with E-state index < -0.39 is 0 Å². The van der Waals surface area contributed by atoms with E-state index in [2.05, 4.69) is 38.7 Å². The summed E-state index contributed by atoms with van der Waals surface area (Å²) in [5.41, 5.74) is 1.33. The van der Waals surface area contributed by atoms with Crippen molar-refractivity contribution in [3.05, 3.63) is 17.5 Å². The van der Waals surface area contributed by atoms with Gasteiger partial charge >= 0.3 is 5.97 Å². The molecular formula is C21H37N5O3. The number of hydrogen-bond acceptors (Lipinski definition) is 7. The molecule has 2 aliphatic heterocycles. The second-order valence-electron chi connectivity index (χ2n) is 8.49. The zero-order valence-electron chi connectivity index (χ0n) is 18.1. The number of aliphatic hydroxyl groups is 1. The highest BCUT2D eigenvalue weighted by atomic mass is 16.5. The number of ether oxygens (including phenoxy) is 1. The van der Waals surface area contributed by atoms with E-state index in [1.807, 2.05) is 0 Å². The summed E-state index contributed by atoms with van der Waals surface area (Å²) < 4.78 is 5.12. The molecule has 3 heterocycles. The van der Waals surface area contributed by atoms with Crippen LogP contribution in [-0.4, -0.2) is 100 Å². The van der Waals surface area contributed by atoms with Crippen LogP contribution in [0, 0.1) is 0 Å². The van der Waals surface area contributed by atoms with Crippen LogP contribution in [0.5, 0.6) is 0 Å². The van der Waals surface area contributed by atoms with Gasteiger partial charge in [0.1, 0.15) is 5.69 Å². The largest absolute Gasteiger partial charge is 0.461 e. The molecule has 0 bridgehead atoms. The number of aliphatic hydroxyl groups excluding tert-OH is 1. The summed E-state index contributed by atoms with van der Waals surface area (Å²) in [5.74, 6) is -0.345. The first-order valence-corrected chi connectivity index (χ1v) is 11.1. The number of carbonyl (C=O) groups excluding carboxylic acids is 1. The van der Waals surface area contributed by atoms with Crippen LogP contribution in [0.15, 0.2) is 6.20 Å². The molecule has 0 saturated carbocycles. The fourth-order valence-electron chi connectivity index (χ4n) is 4.75. The van der Waals surface area contributed by atoms with Crippen LogP contribution >= 0.6 is 0 Å². The van der Waals surface area contributed by atoms with Crippen LogP contribution in [0.25, 0.3) is 0 Å². The summed E-state index contributed by atoms with van der Waals surface area (Å²) in [5, 5.41) is 16.5. The first-order chi connectivity index (χ1) is 14.0. The lowest BCUT2D eigenvalue weighted by atomic mass is 9.97. The number of rotatable bonds is 8. The molecule has 2 saturated heterocycles. The molecule has 2 aliphatic rings. The van der Waals surface area contributed by atoms with E-state index in [4.69, 9.17) is 4.74 Å². The molecule has 1 atom stereocenters. The molecule has 8 nitrogen and oxygen atoms in total. The Hall–Kier alpha value is -1.48. The van der Waals surface area contributed by atoms with Crippen LogP contribution in [0.4, 0.5) is 0 Å². The highest BCUT2D eigenvalue weighted by Crippen LogP contribution is 2.25. The first-order valence-electron chi connectivity index (χ1n) is 11.1. The molecule has 8 heteroatoms. The number of aromatic nitrogens is 2. The molecule has 29 heavy (non-hydrogen) atoms. The van der Waals surface area contributed by atoms with Crippen molar-refractivity contribution in [3.8, 4) is 0 Å². The van der Waals surface area contributed by atoms with Gasteiger partial charge in [0.25, 0.3) is 0 Å². The van der Waals surface area contributed by atoms with Gasteiger partial charge in [-0.3, -0.25) is 14.9 Å². The van der Waals surface area contributed by atoms with Gasteiger partial charge < -0.3 is 14.7 Å². The van der Waals surface area contributed by atoms with Gasteiger partial charge in [-0.25, -0.2) is 4.79 Å². The summed E-state index contributed by atoms with van der Waals surface area (Å²) in [7, 11) is 0. The molecule has 0 amide bonds. The zero-order valence-corrected chi connectivity index (χ0v) is 18.1. The smallest absolute Gasteiger partial charge is 0.356 e. The van der Waals surface area contributed by atoms with E-state index in [0.717, 1.165) is 44.7 Å². The van der Waals surface area contributed by atoms with Crippen molar-refractivity contribution in [2.75, 3.05) is 45.9 Å². The van der Waals surface area contributed by atoms with Gasteiger partial charge in [-0.1, -0.05) is 0 Å². The number of esters is 1. The van der Waals surface area contributed by atoms with E-state index >= 15 is 0 Å². The monoisotopic (exact) mass is 407 g/mol. The summed E-state index contributed by atoms with van der Waals surface area (Å²) in [6.45, 7) is 12.8. The third-order valence-electron chi connectivity index (χ3n) is 6.36. The SMILES string of the molecule is CCOC(=O)c1[nH]ncc1CN1CCN(C2CCN(C(C)C)CC2)[C@H](CCO)C1. The maximum absolute atomic E-state index is 12.1. The molecule has 0 radical (unpaired) electrons. The second kappa shape index (κ2) is 10.5. The minimum atomic E-state index is -0.345. The molecule has 164 valence electrons. The third-order valence-corrected chi connectivity index (χ3v) is 6.36. The molecule has 1 aromatic rings. The number of hydrogen-bond donors (Lipinski definition) is 2. The highest BCUT2D eigenvalue weighted by molar-refractivity contribution is 5.88. The van der Waals surface area contributed by atoms with Crippen molar-refractivity contribution in [1.82, 2.24) is 24.9 Å². The number of aromatic amines is 1. The van der Waals surface area contributed by atoms with E-state index in [-0.39, 0.29) is 12.6 Å². The van der Waals surface area contributed by atoms with Crippen molar-refractivity contribution >= 4 is 5.97 Å². The minimum absolute atomic E-state index is 0.208. The topological polar surface area (TPSA) is 84.9 Å².